The minimum absolute atomic E-state index is 0.761. The Morgan fingerprint density at radius 3 is 1.57 bits per heavy atom. The van der Waals surface area contributed by atoms with E-state index in [0.717, 1.165) is 59.9 Å². The summed E-state index contributed by atoms with van der Waals surface area (Å²) in [6, 6.07) is 16.0. The molecule has 0 N–H and O–H groups in total. The quantitative estimate of drug-likeness (QED) is 0.182. The van der Waals surface area contributed by atoms with E-state index in [0.29, 0.717) is 0 Å². The molecule has 7 nitrogen and oxygen atoms in total. The van der Waals surface area contributed by atoms with Crippen LogP contribution in [0.4, 0.5) is 0 Å². The molecular weight excluding hydrogens is 436 g/mol. The molecule has 0 saturated carbocycles. The monoisotopic (exact) mass is 472 g/mol. The molecule has 0 atom stereocenters. The van der Waals surface area contributed by atoms with E-state index in [2.05, 4.69) is 34.5 Å². The van der Waals surface area contributed by atoms with Crippen molar-refractivity contribution in [2.45, 2.75) is 78.3 Å². The average Bonchev–Trinajstić information content (AvgIpc) is 3.55. The number of nitrogens with zero attached hydrogens (tertiary/aromatic N) is 6. The van der Waals surface area contributed by atoms with E-state index in [1.165, 1.54) is 38.5 Å². The molecule has 0 spiro atoms. The molecule has 0 aliphatic rings. The molecule has 0 aliphatic heterocycles. The van der Waals surface area contributed by atoms with Gasteiger partial charge >= 0.3 is 0 Å². The maximum absolute atomic E-state index is 6.19. The summed E-state index contributed by atoms with van der Waals surface area (Å²) in [4.78, 5) is 0. The van der Waals surface area contributed by atoms with Crippen LogP contribution in [-0.4, -0.2) is 30.0 Å². The van der Waals surface area contributed by atoms with Crippen LogP contribution in [-0.2, 0) is 13.1 Å². The van der Waals surface area contributed by atoms with Crippen molar-refractivity contribution in [3.63, 3.8) is 0 Å². The lowest BCUT2D eigenvalue weighted by molar-refractivity contribution is 0.483. The smallest absolute Gasteiger partial charge is 0.128 e. The minimum Gasteiger partial charge on any atom is -0.457 e. The summed E-state index contributed by atoms with van der Waals surface area (Å²) in [5.74, 6) is 1.52. The zero-order valence-electron chi connectivity index (χ0n) is 20.9. The van der Waals surface area contributed by atoms with Crippen LogP contribution < -0.4 is 4.74 Å². The number of aryl methyl sites for hydroxylation is 2. The van der Waals surface area contributed by atoms with Gasteiger partial charge in [-0.25, -0.2) is 0 Å². The van der Waals surface area contributed by atoms with Gasteiger partial charge in [-0.1, -0.05) is 87.1 Å². The van der Waals surface area contributed by atoms with Gasteiger partial charge in [0.15, 0.2) is 0 Å². The Balaban J connectivity index is 1.39. The second-order valence-electron chi connectivity index (χ2n) is 9.01. The summed E-state index contributed by atoms with van der Waals surface area (Å²) in [5, 5.41) is 17.3. The number of unbranched alkanes of at least 4 members (excludes halogenated alkanes) is 6. The van der Waals surface area contributed by atoms with E-state index in [1.54, 1.807) is 0 Å². The van der Waals surface area contributed by atoms with Gasteiger partial charge in [0, 0.05) is 24.2 Å². The molecule has 2 aromatic heterocycles. The normalized spacial score (nSPS) is 11.1. The lowest BCUT2D eigenvalue weighted by atomic mass is 10.1. The summed E-state index contributed by atoms with van der Waals surface area (Å²) in [7, 11) is 0. The molecule has 184 valence electrons. The molecule has 0 bridgehead atoms. The van der Waals surface area contributed by atoms with Crippen LogP contribution in [0.2, 0.25) is 0 Å². The van der Waals surface area contributed by atoms with Crippen LogP contribution in [0.5, 0.6) is 11.5 Å². The molecule has 0 fully saturated rings. The van der Waals surface area contributed by atoms with Crippen LogP contribution >= 0.6 is 0 Å². The van der Waals surface area contributed by atoms with Gasteiger partial charge in [0.05, 0.1) is 12.4 Å². The van der Waals surface area contributed by atoms with Crippen LogP contribution in [0.1, 0.15) is 65.2 Å². The zero-order chi connectivity index (χ0) is 24.3. The highest BCUT2D eigenvalue weighted by molar-refractivity contribution is 5.62. The lowest BCUT2D eigenvalue weighted by Gasteiger charge is -2.08. The molecular formula is C28H36N6O. The van der Waals surface area contributed by atoms with Crippen molar-refractivity contribution in [3.8, 4) is 34.0 Å². The topological polar surface area (TPSA) is 70.7 Å². The molecule has 0 radical (unpaired) electrons. The Bertz CT molecular complexity index is 1090. The second-order valence-corrected chi connectivity index (χ2v) is 9.01. The Kier molecular flexibility index (Phi) is 9.04. The fourth-order valence-corrected chi connectivity index (χ4v) is 4.05. The number of aromatic nitrogens is 6. The van der Waals surface area contributed by atoms with E-state index in [-0.39, 0.29) is 0 Å². The molecule has 0 aliphatic carbocycles. The molecule has 0 amide bonds. The van der Waals surface area contributed by atoms with Crippen LogP contribution in [0.3, 0.4) is 0 Å². The van der Waals surface area contributed by atoms with Crippen LogP contribution in [0.25, 0.3) is 22.5 Å². The van der Waals surface area contributed by atoms with Crippen molar-refractivity contribution in [3.05, 3.63) is 60.9 Å². The van der Waals surface area contributed by atoms with E-state index in [4.69, 9.17) is 4.74 Å². The van der Waals surface area contributed by atoms with Gasteiger partial charge in [0.1, 0.15) is 22.9 Å². The summed E-state index contributed by atoms with van der Waals surface area (Å²) < 4.78 is 10.0. The first-order chi connectivity index (χ1) is 17.2. The van der Waals surface area contributed by atoms with Gasteiger partial charge in [-0.15, -0.1) is 10.2 Å². The highest BCUT2D eigenvalue weighted by atomic mass is 16.5. The van der Waals surface area contributed by atoms with Crippen molar-refractivity contribution in [1.82, 2.24) is 30.0 Å². The Morgan fingerprint density at radius 1 is 0.629 bits per heavy atom. The highest BCUT2D eigenvalue weighted by Crippen LogP contribution is 2.29. The van der Waals surface area contributed by atoms with Crippen LogP contribution in [0.15, 0.2) is 60.9 Å². The maximum atomic E-state index is 6.19. The molecule has 7 heteroatoms. The van der Waals surface area contributed by atoms with E-state index < -0.39 is 0 Å². The van der Waals surface area contributed by atoms with Crippen molar-refractivity contribution in [2.24, 2.45) is 0 Å². The van der Waals surface area contributed by atoms with Gasteiger partial charge in [-0.2, -0.15) is 0 Å². The standard InChI is InChI=1S/C28H36N6O/c1-3-5-7-9-17-33-21-27(29-31-33)23-13-11-15-25(19-23)35-26-16-12-14-24(20-26)28-22-34(32-30-28)18-10-8-6-4-2/h11-16,19-22H,3-10,17-18H2,1-2H3. The Hall–Kier alpha value is -3.48. The van der Waals surface area contributed by atoms with E-state index in [1.807, 2.05) is 70.3 Å². The van der Waals surface area contributed by atoms with Gasteiger partial charge in [0.2, 0.25) is 0 Å². The third-order valence-electron chi connectivity index (χ3n) is 6.05. The lowest BCUT2D eigenvalue weighted by Crippen LogP contribution is -1.98. The van der Waals surface area contributed by atoms with Crippen molar-refractivity contribution in [2.75, 3.05) is 0 Å². The first-order valence-corrected chi connectivity index (χ1v) is 12.9. The molecule has 4 aromatic rings. The molecule has 2 heterocycles. The third kappa shape index (κ3) is 7.25. The average molecular weight is 473 g/mol. The van der Waals surface area contributed by atoms with Gasteiger partial charge in [0.25, 0.3) is 0 Å². The number of hydrogen-bond donors (Lipinski definition) is 0. The van der Waals surface area contributed by atoms with E-state index in [9.17, 15) is 0 Å². The Labute approximate surface area is 208 Å². The van der Waals surface area contributed by atoms with E-state index >= 15 is 0 Å². The first-order valence-electron chi connectivity index (χ1n) is 12.9. The molecule has 0 saturated heterocycles. The zero-order valence-corrected chi connectivity index (χ0v) is 20.9. The molecule has 35 heavy (non-hydrogen) atoms. The highest BCUT2D eigenvalue weighted by Gasteiger charge is 2.09. The maximum Gasteiger partial charge on any atom is 0.128 e. The fourth-order valence-electron chi connectivity index (χ4n) is 4.05. The first kappa shape index (κ1) is 24.6. The molecule has 0 unspecified atom stereocenters. The van der Waals surface area contributed by atoms with Gasteiger partial charge in [-0.3, -0.25) is 9.36 Å². The Morgan fingerprint density at radius 2 is 1.11 bits per heavy atom. The number of benzene rings is 2. The summed E-state index contributed by atoms with van der Waals surface area (Å²) in [5.41, 5.74) is 3.69. The number of hydrogen-bond acceptors (Lipinski definition) is 5. The van der Waals surface area contributed by atoms with Crippen molar-refractivity contribution < 1.29 is 4.74 Å². The van der Waals surface area contributed by atoms with Crippen molar-refractivity contribution >= 4 is 0 Å². The SMILES string of the molecule is CCCCCCn1cc(-c2cccc(Oc3cccc(-c4cn(CCCCCC)nn4)c3)c2)nn1. The summed E-state index contributed by atoms with van der Waals surface area (Å²) in [6.45, 7) is 6.25. The van der Waals surface area contributed by atoms with Crippen molar-refractivity contribution in [1.29, 1.82) is 0 Å². The number of rotatable bonds is 14. The predicted molar refractivity (Wildman–Crippen MR) is 139 cm³/mol. The van der Waals surface area contributed by atoms with Gasteiger partial charge in [-0.05, 0) is 37.1 Å². The third-order valence-corrected chi connectivity index (χ3v) is 6.05. The molecule has 2 aromatic carbocycles. The minimum atomic E-state index is 0.761. The predicted octanol–water partition coefficient (Wildman–Crippen LogP) is 7.16. The van der Waals surface area contributed by atoms with Gasteiger partial charge < -0.3 is 4.74 Å². The second kappa shape index (κ2) is 12.8. The fraction of sp³-hybridized carbons (Fsp3) is 0.429. The molecule has 4 rings (SSSR count). The largest absolute Gasteiger partial charge is 0.457 e. The summed E-state index contributed by atoms with van der Waals surface area (Å²) >= 11 is 0. The number of ether oxygens (including phenoxy) is 1. The van der Waals surface area contributed by atoms with Crippen LogP contribution in [0, 0.1) is 0 Å². The summed E-state index contributed by atoms with van der Waals surface area (Å²) in [6.07, 6.45) is 13.7.